The molecule has 0 fully saturated rings. The molecule has 0 aliphatic heterocycles. The van der Waals surface area contributed by atoms with Gasteiger partial charge in [-0.2, -0.15) is 5.10 Å². The fourth-order valence-electron chi connectivity index (χ4n) is 2.77. The maximum atomic E-state index is 12.6. The summed E-state index contributed by atoms with van der Waals surface area (Å²) in [6, 6.07) is 1.99. The van der Waals surface area contributed by atoms with E-state index in [1.165, 1.54) is 4.68 Å². The lowest BCUT2D eigenvalue weighted by atomic mass is 9.93. The third-order valence-electron chi connectivity index (χ3n) is 3.70. The van der Waals surface area contributed by atoms with Gasteiger partial charge in [-0.1, -0.05) is 17.7 Å². The molecular formula is C16H19ClN2O2. The van der Waals surface area contributed by atoms with Crippen molar-refractivity contribution in [3.63, 3.8) is 0 Å². The van der Waals surface area contributed by atoms with Crippen LogP contribution in [-0.4, -0.2) is 16.9 Å². The van der Waals surface area contributed by atoms with Crippen molar-refractivity contribution in [2.45, 2.75) is 27.7 Å². The summed E-state index contributed by atoms with van der Waals surface area (Å²) in [5.74, 6) is 0.504. The van der Waals surface area contributed by atoms with E-state index in [4.69, 9.17) is 16.3 Å². The van der Waals surface area contributed by atoms with Gasteiger partial charge in [-0.15, -0.1) is 0 Å². The molecule has 0 unspecified atom stereocenters. The van der Waals surface area contributed by atoms with Gasteiger partial charge in [0.05, 0.1) is 12.7 Å². The van der Waals surface area contributed by atoms with E-state index in [0.717, 1.165) is 22.3 Å². The predicted molar refractivity (Wildman–Crippen MR) is 85.4 cm³/mol. The van der Waals surface area contributed by atoms with E-state index in [-0.39, 0.29) is 5.56 Å². The summed E-state index contributed by atoms with van der Waals surface area (Å²) < 4.78 is 6.76. The van der Waals surface area contributed by atoms with Crippen molar-refractivity contribution >= 4 is 11.6 Å². The number of halogens is 1. The van der Waals surface area contributed by atoms with E-state index in [2.05, 4.69) is 5.10 Å². The van der Waals surface area contributed by atoms with E-state index in [0.29, 0.717) is 22.0 Å². The van der Waals surface area contributed by atoms with Crippen LogP contribution in [0.1, 0.15) is 22.4 Å². The summed E-state index contributed by atoms with van der Waals surface area (Å²) in [4.78, 5) is 12.6. The van der Waals surface area contributed by atoms with E-state index < -0.39 is 0 Å². The van der Waals surface area contributed by atoms with Crippen LogP contribution in [-0.2, 0) is 7.05 Å². The van der Waals surface area contributed by atoms with Gasteiger partial charge in [0, 0.05) is 12.1 Å². The van der Waals surface area contributed by atoms with Crippen LogP contribution in [0.3, 0.4) is 0 Å². The molecule has 0 amide bonds. The molecule has 0 saturated heterocycles. The van der Waals surface area contributed by atoms with Gasteiger partial charge < -0.3 is 4.74 Å². The Kier molecular flexibility index (Phi) is 4.10. The van der Waals surface area contributed by atoms with Crippen molar-refractivity contribution in [1.82, 2.24) is 9.78 Å². The first-order valence-electron chi connectivity index (χ1n) is 6.68. The zero-order chi connectivity index (χ0) is 15.9. The van der Waals surface area contributed by atoms with Gasteiger partial charge in [-0.3, -0.25) is 4.79 Å². The Balaban J connectivity index is 2.98. The Morgan fingerprint density at radius 2 is 1.76 bits per heavy atom. The normalized spacial score (nSPS) is 10.8. The first-order valence-corrected chi connectivity index (χ1v) is 7.06. The lowest BCUT2D eigenvalue weighted by Crippen LogP contribution is -2.24. The zero-order valence-electron chi connectivity index (χ0n) is 13.2. The average Bonchev–Trinajstić information content (AvgIpc) is 2.42. The summed E-state index contributed by atoms with van der Waals surface area (Å²) in [7, 11) is 3.19. The lowest BCUT2D eigenvalue weighted by molar-refractivity contribution is 0.405. The minimum absolute atomic E-state index is 0.191. The highest BCUT2D eigenvalue weighted by atomic mass is 35.5. The van der Waals surface area contributed by atoms with Crippen LogP contribution in [0.2, 0.25) is 5.02 Å². The molecule has 0 aliphatic carbocycles. The van der Waals surface area contributed by atoms with Gasteiger partial charge in [0.2, 0.25) is 0 Å². The summed E-state index contributed by atoms with van der Waals surface area (Å²) in [5.41, 5.74) is 4.70. The van der Waals surface area contributed by atoms with Crippen molar-refractivity contribution in [2.24, 2.45) is 7.05 Å². The van der Waals surface area contributed by atoms with E-state index in [1.807, 2.05) is 33.8 Å². The van der Waals surface area contributed by atoms with Crippen molar-refractivity contribution in [1.29, 1.82) is 0 Å². The zero-order valence-corrected chi connectivity index (χ0v) is 13.9. The van der Waals surface area contributed by atoms with Crippen LogP contribution in [0.5, 0.6) is 5.75 Å². The Morgan fingerprint density at radius 3 is 2.33 bits per heavy atom. The molecule has 0 aliphatic rings. The molecule has 5 heteroatoms. The molecular weight excluding hydrogens is 288 g/mol. The van der Waals surface area contributed by atoms with Gasteiger partial charge in [0.25, 0.3) is 5.56 Å². The molecule has 1 heterocycles. The Hall–Kier alpha value is -1.81. The van der Waals surface area contributed by atoms with Crippen LogP contribution in [0.25, 0.3) is 11.1 Å². The van der Waals surface area contributed by atoms with Crippen LogP contribution < -0.4 is 10.3 Å². The molecule has 21 heavy (non-hydrogen) atoms. The monoisotopic (exact) mass is 306 g/mol. The van der Waals surface area contributed by atoms with E-state index >= 15 is 0 Å². The van der Waals surface area contributed by atoms with Crippen LogP contribution in [0.4, 0.5) is 0 Å². The summed E-state index contributed by atoms with van der Waals surface area (Å²) in [5, 5.41) is 4.85. The molecule has 0 bridgehead atoms. The SMILES string of the molecule is COc1c(C)nn(C)c(=O)c1-c1c(C)cc(C)c(Cl)c1C. The number of nitrogens with zero attached hydrogens (tertiary/aromatic N) is 2. The minimum atomic E-state index is -0.191. The molecule has 0 saturated carbocycles. The third-order valence-corrected chi connectivity index (χ3v) is 4.28. The molecule has 0 spiro atoms. The average molecular weight is 307 g/mol. The molecule has 4 nitrogen and oxygen atoms in total. The number of methoxy groups -OCH3 is 1. The van der Waals surface area contributed by atoms with Crippen molar-refractivity contribution in [3.8, 4) is 16.9 Å². The fraction of sp³-hybridized carbons (Fsp3) is 0.375. The number of hydrogen-bond donors (Lipinski definition) is 0. The Morgan fingerprint density at radius 1 is 1.14 bits per heavy atom. The molecule has 2 rings (SSSR count). The van der Waals surface area contributed by atoms with Gasteiger partial charge >= 0.3 is 0 Å². The fourth-order valence-corrected chi connectivity index (χ4v) is 2.92. The highest BCUT2D eigenvalue weighted by Gasteiger charge is 2.21. The number of rotatable bonds is 2. The van der Waals surface area contributed by atoms with E-state index in [1.54, 1.807) is 14.2 Å². The van der Waals surface area contributed by atoms with Crippen LogP contribution >= 0.6 is 11.6 Å². The number of hydrogen-bond acceptors (Lipinski definition) is 3. The third kappa shape index (κ3) is 2.44. The standard InChI is InChI=1S/C16H19ClN2O2/c1-8-7-9(2)14(17)10(3)12(8)13-15(21-6)11(4)18-19(5)16(13)20/h7H,1-6H3. The Bertz CT molecular complexity index is 779. The summed E-state index contributed by atoms with van der Waals surface area (Å²) in [6.07, 6.45) is 0. The molecule has 1 aromatic carbocycles. The van der Waals surface area contributed by atoms with Crippen molar-refractivity contribution in [3.05, 3.63) is 43.8 Å². The van der Waals surface area contributed by atoms with Gasteiger partial charge in [-0.05, 0) is 49.9 Å². The molecule has 0 N–H and O–H groups in total. The van der Waals surface area contributed by atoms with E-state index in [9.17, 15) is 4.79 Å². The molecule has 0 radical (unpaired) electrons. The second-order valence-corrected chi connectivity index (χ2v) is 5.62. The van der Waals surface area contributed by atoms with Gasteiger partial charge in [0.1, 0.15) is 5.69 Å². The number of aromatic nitrogens is 2. The van der Waals surface area contributed by atoms with Crippen molar-refractivity contribution < 1.29 is 4.74 Å². The van der Waals surface area contributed by atoms with Crippen molar-refractivity contribution in [2.75, 3.05) is 7.11 Å². The largest absolute Gasteiger partial charge is 0.494 e. The molecule has 112 valence electrons. The summed E-state index contributed by atoms with van der Waals surface area (Å²) >= 11 is 6.37. The maximum absolute atomic E-state index is 12.6. The second-order valence-electron chi connectivity index (χ2n) is 5.25. The lowest BCUT2D eigenvalue weighted by Gasteiger charge is -2.17. The number of aryl methyl sites for hydroxylation is 4. The highest BCUT2D eigenvalue weighted by molar-refractivity contribution is 6.32. The second kappa shape index (κ2) is 5.53. The van der Waals surface area contributed by atoms with Crippen LogP contribution in [0, 0.1) is 27.7 Å². The van der Waals surface area contributed by atoms with Crippen LogP contribution in [0.15, 0.2) is 10.9 Å². The molecule has 1 aromatic heterocycles. The molecule has 2 aromatic rings. The first-order chi connectivity index (χ1) is 9.79. The number of ether oxygens (including phenoxy) is 1. The Labute approximate surface area is 129 Å². The number of benzene rings is 1. The maximum Gasteiger partial charge on any atom is 0.278 e. The highest BCUT2D eigenvalue weighted by Crippen LogP contribution is 2.37. The smallest absolute Gasteiger partial charge is 0.278 e. The topological polar surface area (TPSA) is 44.1 Å². The minimum Gasteiger partial charge on any atom is -0.494 e. The molecule has 0 atom stereocenters. The quantitative estimate of drug-likeness (QED) is 0.854. The predicted octanol–water partition coefficient (Wildman–Crippen LogP) is 3.34. The van der Waals surface area contributed by atoms with Gasteiger partial charge in [-0.25, -0.2) is 4.68 Å². The summed E-state index contributed by atoms with van der Waals surface area (Å²) in [6.45, 7) is 7.67. The first kappa shape index (κ1) is 15.6. The van der Waals surface area contributed by atoms with Gasteiger partial charge in [0.15, 0.2) is 5.75 Å².